The minimum absolute atomic E-state index is 0.117. The SMILES string of the molecule is CCNCc1nnc(-c2ccc(Cl)c(F)c2)s1. The van der Waals surface area contributed by atoms with Crippen LogP contribution in [0.2, 0.25) is 5.02 Å². The van der Waals surface area contributed by atoms with Crippen molar-refractivity contribution in [2.24, 2.45) is 0 Å². The van der Waals surface area contributed by atoms with Crippen molar-refractivity contribution in [2.75, 3.05) is 6.54 Å². The standard InChI is InChI=1S/C11H11ClFN3S/c1-2-14-6-10-15-16-11(17-10)7-3-4-8(12)9(13)5-7/h3-5,14H,2,6H2,1H3. The Kier molecular flexibility index (Phi) is 4.04. The summed E-state index contributed by atoms with van der Waals surface area (Å²) in [6, 6.07) is 4.64. The molecule has 0 aliphatic rings. The number of nitrogens with one attached hydrogen (secondary N) is 1. The molecule has 0 bridgehead atoms. The summed E-state index contributed by atoms with van der Waals surface area (Å²) in [5.74, 6) is -0.437. The van der Waals surface area contributed by atoms with Crippen LogP contribution in [-0.4, -0.2) is 16.7 Å². The molecule has 90 valence electrons. The summed E-state index contributed by atoms with van der Waals surface area (Å²) in [7, 11) is 0. The van der Waals surface area contributed by atoms with Crippen molar-refractivity contribution < 1.29 is 4.39 Å². The van der Waals surface area contributed by atoms with Crippen molar-refractivity contribution in [3.8, 4) is 10.6 Å². The Labute approximate surface area is 108 Å². The first-order valence-electron chi connectivity index (χ1n) is 5.19. The fraction of sp³-hybridized carbons (Fsp3) is 0.273. The predicted molar refractivity (Wildman–Crippen MR) is 67.7 cm³/mol. The largest absolute Gasteiger partial charge is 0.311 e. The van der Waals surface area contributed by atoms with Crippen molar-refractivity contribution >= 4 is 22.9 Å². The average molecular weight is 272 g/mol. The third-order valence-electron chi connectivity index (χ3n) is 2.16. The van der Waals surface area contributed by atoms with E-state index in [9.17, 15) is 4.39 Å². The van der Waals surface area contributed by atoms with E-state index in [2.05, 4.69) is 15.5 Å². The molecule has 1 heterocycles. The van der Waals surface area contributed by atoms with Crippen molar-refractivity contribution in [2.45, 2.75) is 13.5 Å². The van der Waals surface area contributed by atoms with Crippen LogP contribution in [0.3, 0.4) is 0 Å². The lowest BCUT2D eigenvalue weighted by Gasteiger charge is -1.97. The zero-order valence-corrected chi connectivity index (χ0v) is 10.8. The second kappa shape index (κ2) is 5.53. The van der Waals surface area contributed by atoms with E-state index in [0.717, 1.165) is 11.6 Å². The van der Waals surface area contributed by atoms with Crippen LogP contribution in [0.1, 0.15) is 11.9 Å². The fourth-order valence-corrected chi connectivity index (χ4v) is 2.23. The summed E-state index contributed by atoms with van der Waals surface area (Å²) in [6.07, 6.45) is 0. The van der Waals surface area contributed by atoms with Gasteiger partial charge in [-0.1, -0.05) is 35.9 Å². The molecule has 0 aliphatic carbocycles. The first-order valence-corrected chi connectivity index (χ1v) is 6.38. The summed E-state index contributed by atoms with van der Waals surface area (Å²) in [4.78, 5) is 0. The van der Waals surface area contributed by atoms with Gasteiger partial charge in [0.1, 0.15) is 15.8 Å². The predicted octanol–water partition coefficient (Wildman–Crippen LogP) is 3.11. The molecular formula is C11H11ClFN3S. The maximum Gasteiger partial charge on any atom is 0.147 e. The van der Waals surface area contributed by atoms with E-state index >= 15 is 0 Å². The Morgan fingerprint density at radius 1 is 1.41 bits per heavy atom. The van der Waals surface area contributed by atoms with Gasteiger partial charge < -0.3 is 5.32 Å². The van der Waals surface area contributed by atoms with Crippen LogP contribution >= 0.6 is 22.9 Å². The third-order valence-corrected chi connectivity index (χ3v) is 3.44. The zero-order chi connectivity index (χ0) is 12.3. The van der Waals surface area contributed by atoms with Gasteiger partial charge in [-0.2, -0.15) is 0 Å². The summed E-state index contributed by atoms with van der Waals surface area (Å²) < 4.78 is 13.3. The normalized spacial score (nSPS) is 10.8. The van der Waals surface area contributed by atoms with E-state index in [1.807, 2.05) is 6.92 Å². The van der Waals surface area contributed by atoms with E-state index in [1.165, 1.54) is 23.5 Å². The van der Waals surface area contributed by atoms with Crippen LogP contribution in [0.25, 0.3) is 10.6 Å². The van der Waals surface area contributed by atoms with Gasteiger partial charge in [-0.25, -0.2) is 4.39 Å². The van der Waals surface area contributed by atoms with Gasteiger partial charge in [0.05, 0.1) is 5.02 Å². The number of benzene rings is 1. The summed E-state index contributed by atoms with van der Waals surface area (Å²) in [5, 5.41) is 12.9. The molecule has 0 aliphatic heterocycles. The number of aromatic nitrogens is 2. The molecule has 0 atom stereocenters. The Balaban J connectivity index is 2.21. The Morgan fingerprint density at radius 3 is 2.94 bits per heavy atom. The molecule has 2 aromatic rings. The number of hydrogen-bond donors (Lipinski definition) is 1. The van der Waals surface area contributed by atoms with Crippen LogP contribution in [0.5, 0.6) is 0 Å². The maximum atomic E-state index is 13.3. The fourth-order valence-electron chi connectivity index (χ4n) is 1.30. The Morgan fingerprint density at radius 2 is 2.24 bits per heavy atom. The molecule has 0 saturated heterocycles. The lowest BCUT2D eigenvalue weighted by molar-refractivity contribution is 0.628. The van der Waals surface area contributed by atoms with Crippen LogP contribution in [-0.2, 0) is 6.54 Å². The second-order valence-corrected chi connectivity index (χ2v) is 4.88. The summed E-state index contributed by atoms with van der Waals surface area (Å²) in [6.45, 7) is 3.59. The van der Waals surface area contributed by atoms with Gasteiger partial charge in [-0.15, -0.1) is 10.2 Å². The molecule has 1 N–H and O–H groups in total. The molecular weight excluding hydrogens is 261 g/mol. The van der Waals surface area contributed by atoms with Crippen molar-refractivity contribution in [1.82, 2.24) is 15.5 Å². The molecule has 1 aromatic carbocycles. The number of rotatable bonds is 4. The van der Waals surface area contributed by atoms with E-state index in [0.29, 0.717) is 17.1 Å². The van der Waals surface area contributed by atoms with Crippen molar-refractivity contribution in [1.29, 1.82) is 0 Å². The third kappa shape index (κ3) is 3.00. The van der Waals surface area contributed by atoms with Crippen LogP contribution in [0.4, 0.5) is 4.39 Å². The molecule has 0 unspecified atom stereocenters. The molecule has 0 saturated carbocycles. The molecule has 0 spiro atoms. The minimum atomic E-state index is -0.437. The smallest absolute Gasteiger partial charge is 0.147 e. The lowest BCUT2D eigenvalue weighted by atomic mass is 10.2. The van der Waals surface area contributed by atoms with Gasteiger partial charge in [0.2, 0.25) is 0 Å². The molecule has 0 radical (unpaired) electrons. The van der Waals surface area contributed by atoms with Gasteiger partial charge >= 0.3 is 0 Å². The highest BCUT2D eigenvalue weighted by molar-refractivity contribution is 7.14. The highest BCUT2D eigenvalue weighted by Crippen LogP contribution is 2.26. The van der Waals surface area contributed by atoms with Crippen LogP contribution in [0, 0.1) is 5.82 Å². The summed E-state index contributed by atoms with van der Waals surface area (Å²) >= 11 is 7.07. The van der Waals surface area contributed by atoms with Gasteiger partial charge in [0.25, 0.3) is 0 Å². The average Bonchev–Trinajstić information content (AvgIpc) is 2.79. The van der Waals surface area contributed by atoms with E-state index in [-0.39, 0.29) is 5.02 Å². The Bertz CT molecular complexity index is 515. The molecule has 3 nitrogen and oxygen atoms in total. The minimum Gasteiger partial charge on any atom is -0.311 e. The number of halogens is 2. The number of nitrogens with zero attached hydrogens (tertiary/aromatic N) is 2. The van der Waals surface area contributed by atoms with Gasteiger partial charge in [-0.3, -0.25) is 0 Å². The number of hydrogen-bond acceptors (Lipinski definition) is 4. The first-order chi connectivity index (χ1) is 8.20. The van der Waals surface area contributed by atoms with Crippen molar-refractivity contribution in [3.05, 3.63) is 34.0 Å². The van der Waals surface area contributed by atoms with Crippen LogP contribution < -0.4 is 5.32 Å². The van der Waals surface area contributed by atoms with Gasteiger partial charge in [-0.05, 0) is 18.7 Å². The monoisotopic (exact) mass is 271 g/mol. The zero-order valence-electron chi connectivity index (χ0n) is 9.20. The molecule has 17 heavy (non-hydrogen) atoms. The molecule has 1 aromatic heterocycles. The van der Waals surface area contributed by atoms with Gasteiger partial charge in [0.15, 0.2) is 0 Å². The highest BCUT2D eigenvalue weighted by Gasteiger charge is 2.08. The van der Waals surface area contributed by atoms with Crippen molar-refractivity contribution in [3.63, 3.8) is 0 Å². The summed E-state index contributed by atoms with van der Waals surface area (Å²) in [5.41, 5.74) is 0.701. The van der Waals surface area contributed by atoms with E-state index in [4.69, 9.17) is 11.6 Å². The topological polar surface area (TPSA) is 37.8 Å². The molecule has 6 heteroatoms. The quantitative estimate of drug-likeness (QED) is 0.929. The Hall–Kier alpha value is -1.04. The molecule has 0 fully saturated rings. The highest BCUT2D eigenvalue weighted by atomic mass is 35.5. The van der Waals surface area contributed by atoms with E-state index in [1.54, 1.807) is 6.07 Å². The molecule has 0 amide bonds. The molecule has 2 rings (SSSR count). The van der Waals surface area contributed by atoms with E-state index < -0.39 is 5.82 Å². The maximum absolute atomic E-state index is 13.3. The van der Waals surface area contributed by atoms with Crippen LogP contribution in [0.15, 0.2) is 18.2 Å². The second-order valence-electron chi connectivity index (χ2n) is 3.41. The first kappa shape index (κ1) is 12.4. The lowest BCUT2D eigenvalue weighted by Crippen LogP contribution is -2.11. The van der Waals surface area contributed by atoms with Gasteiger partial charge in [0, 0.05) is 12.1 Å².